The zero-order valence-corrected chi connectivity index (χ0v) is 16.9. The first kappa shape index (κ1) is 19.2. The molecule has 0 spiro atoms. The first-order chi connectivity index (χ1) is 13.8. The van der Waals surface area contributed by atoms with Gasteiger partial charge in [0.15, 0.2) is 5.84 Å². The fourth-order valence-corrected chi connectivity index (χ4v) is 4.53. The second-order valence-electron chi connectivity index (χ2n) is 7.44. The van der Waals surface area contributed by atoms with Gasteiger partial charge in [0, 0.05) is 11.9 Å². The van der Waals surface area contributed by atoms with E-state index in [1.165, 1.54) is 18.2 Å². The number of pyridine rings is 1. The zero-order chi connectivity index (χ0) is 20.8. The SMILES string of the molecule is CC(C)CCn1c(=O)c(C2=NS(=O)(=O)c3ccccc3N2)cc2c(O)cccc21. The minimum Gasteiger partial charge on any atom is -0.507 e. The lowest BCUT2D eigenvalue weighted by molar-refractivity contribution is 0.480. The Labute approximate surface area is 168 Å². The van der Waals surface area contributed by atoms with E-state index >= 15 is 0 Å². The molecule has 0 bridgehead atoms. The number of benzene rings is 2. The number of para-hydroxylation sites is 1. The van der Waals surface area contributed by atoms with Crippen LogP contribution in [0.1, 0.15) is 25.8 Å². The molecule has 3 aromatic rings. The number of aromatic hydroxyl groups is 1. The molecule has 8 heteroatoms. The summed E-state index contributed by atoms with van der Waals surface area (Å²) in [5.74, 6) is 0.342. The van der Waals surface area contributed by atoms with Crippen LogP contribution in [0.15, 0.2) is 62.6 Å². The molecule has 1 aromatic heterocycles. The third-order valence-electron chi connectivity index (χ3n) is 4.93. The van der Waals surface area contributed by atoms with Crippen LogP contribution < -0.4 is 10.9 Å². The van der Waals surface area contributed by atoms with Crippen LogP contribution in [0.3, 0.4) is 0 Å². The monoisotopic (exact) mass is 411 g/mol. The number of amidine groups is 1. The minimum absolute atomic E-state index is 0.0155. The fourth-order valence-electron chi connectivity index (χ4n) is 3.40. The quantitative estimate of drug-likeness (QED) is 0.686. The van der Waals surface area contributed by atoms with Crippen molar-refractivity contribution in [2.75, 3.05) is 5.32 Å². The summed E-state index contributed by atoms with van der Waals surface area (Å²) in [6.45, 7) is 4.57. The van der Waals surface area contributed by atoms with Gasteiger partial charge in [-0.2, -0.15) is 8.42 Å². The topological polar surface area (TPSA) is 101 Å². The summed E-state index contributed by atoms with van der Waals surface area (Å²) in [6, 6.07) is 12.9. The summed E-state index contributed by atoms with van der Waals surface area (Å²) in [5.41, 5.74) is 0.701. The van der Waals surface area contributed by atoms with Gasteiger partial charge in [0.25, 0.3) is 15.6 Å². The average molecular weight is 411 g/mol. The van der Waals surface area contributed by atoms with E-state index in [-0.39, 0.29) is 27.6 Å². The second kappa shape index (κ2) is 7.04. The number of hydrogen-bond acceptors (Lipinski definition) is 5. The van der Waals surface area contributed by atoms with Crippen LogP contribution in [0.4, 0.5) is 5.69 Å². The van der Waals surface area contributed by atoms with Crippen molar-refractivity contribution in [2.45, 2.75) is 31.7 Å². The molecule has 4 rings (SSSR count). The van der Waals surface area contributed by atoms with Gasteiger partial charge < -0.3 is 15.0 Å². The molecule has 2 aromatic carbocycles. The van der Waals surface area contributed by atoms with Crippen LogP contribution in [0.5, 0.6) is 5.75 Å². The van der Waals surface area contributed by atoms with Gasteiger partial charge in [-0.1, -0.05) is 32.0 Å². The highest BCUT2D eigenvalue weighted by Gasteiger charge is 2.27. The van der Waals surface area contributed by atoms with E-state index in [0.29, 0.717) is 29.1 Å². The van der Waals surface area contributed by atoms with E-state index in [1.807, 2.05) is 0 Å². The molecule has 2 N–H and O–H groups in total. The summed E-state index contributed by atoms with van der Waals surface area (Å²) < 4.78 is 30.6. The maximum Gasteiger partial charge on any atom is 0.286 e. The van der Waals surface area contributed by atoms with Crippen molar-refractivity contribution in [3.8, 4) is 5.75 Å². The number of phenolic OH excluding ortho intramolecular Hbond substituents is 1. The van der Waals surface area contributed by atoms with Gasteiger partial charge in [0.1, 0.15) is 10.6 Å². The van der Waals surface area contributed by atoms with Gasteiger partial charge in [0.05, 0.1) is 16.8 Å². The van der Waals surface area contributed by atoms with Gasteiger partial charge in [-0.15, -0.1) is 4.40 Å². The van der Waals surface area contributed by atoms with E-state index in [0.717, 1.165) is 6.42 Å². The number of hydrogen-bond donors (Lipinski definition) is 2. The summed E-state index contributed by atoms with van der Waals surface area (Å²) in [5, 5.41) is 13.8. The number of phenols is 1. The third-order valence-corrected chi connectivity index (χ3v) is 6.26. The van der Waals surface area contributed by atoms with Gasteiger partial charge in [-0.25, -0.2) is 0 Å². The lowest BCUT2D eigenvalue weighted by Gasteiger charge is -2.20. The smallest absolute Gasteiger partial charge is 0.286 e. The molecule has 0 atom stereocenters. The molecular weight excluding hydrogens is 390 g/mol. The Balaban J connectivity index is 1.95. The minimum atomic E-state index is -3.94. The highest BCUT2D eigenvalue weighted by molar-refractivity contribution is 7.90. The van der Waals surface area contributed by atoms with Crippen LogP contribution in [0.2, 0.25) is 0 Å². The van der Waals surface area contributed by atoms with Crippen LogP contribution in [-0.4, -0.2) is 23.9 Å². The van der Waals surface area contributed by atoms with Gasteiger partial charge in [0.2, 0.25) is 0 Å². The maximum atomic E-state index is 13.3. The van der Waals surface area contributed by atoms with Crippen LogP contribution >= 0.6 is 0 Å². The van der Waals surface area contributed by atoms with Crippen molar-refractivity contribution in [1.82, 2.24) is 4.57 Å². The number of aryl methyl sites for hydroxylation is 1. The molecular formula is C21H21N3O4S. The van der Waals surface area contributed by atoms with Gasteiger partial charge >= 0.3 is 0 Å². The molecule has 2 heterocycles. The molecule has 150 valence electrons. The molecule has 0 aliphatic carbocycles. The molecule has 0 unspecified atom stereocenters. The molecule has 1 aliphatic heterocycles. The predicted octanol–water partition coefficient (Wildman–Crippen LogP) is 3.31. The number of anilines is 1. The third kappa shape index (κ3) is 3.40. The Morgan fingerprint density at radius 3 is 2.66 bits per heavy atom. The predicted molar refractivity (Wildman–Crippen MR) is 113 cm³/mol. The normalized spacial score (nSPS) is 15.1. The highest BCUT2D eigenvalue weighted by atomic mass is 32.2. The van der Waals surface area contributed by atoms with Crippen molar-refractivity contribution in [3.05, 3.63) is 64.4 Å². The number of nitrogens with one attached hydrogen (secondary N) is 1. The van der Waals surface area contributed by atoms with E-state index in [9.17, 15) is 18.3 Å². The average Bonchev–Trinajstić information content (AvgIpc) is 2.66. The molecule has 0 saturated carbocycles. The number of aromatic nitrogens is 1. The summed E-state index contributed by atoms with van der Waals surface area (Å²) in [4.78, 5) is 13.4. The first-order valence-corrected chi connectivity index (χ1v) is 10.8. The van der Waals surface area contributed by atoms with Crippen LogP contribution in [0, 0.1) is 5.92 Å². The van der Waals surface area contributed by atoms with Crippen LogP contribution in [-0.2, 0) is 16.6 Å². The largest absolute Gasteiger partial charge is 0.507 e. The molecule has 1 aliphatic rings. The van der Waals surface area contributed by atoms with Crippen molar-refractivity contribution < 1.29 is 13.5 Å². The van der Waals surface area contributed by atoms with Crippen molar-refractivity contribution >= 4 is 32.4 Å². The Bertz CT molecular complexity index is 1310. The molecule has 29 heavy (non-hydrogen) atoms. The van der Waals surface area contributed by atoms with Gasteiger partial charge in [-0.05, 0) is 42.7 Å². The van der Waals surface area contributed by atoms with E-state index in [2.05, 4.69) is 23.6 Å². The Morgan fingerprint density at radius 2 is 1.90 bits per heavy atom. The molecule has 0 saturated heterocycles. The lowest BCUT2D eigenvalue weighted by Crippen LogP contribution is -2.32. The lowest BCUT2D eigenvalue weighted by atomic mass is 10.1. The Kier molecular flexibility index (Phi) is 4.66. The maximum absolute atomic E-state index is 13.3. The highest BCUT2D eigenvalue weighted by Crippen LogP contribution is 2.29. The van der Waals surface area contributed by atoms with E-state index < -0.39 is 10.0 Å². The Hall–Kier alpha value is -3.13. The van der Waals surface area contributed by atoms with Crippen molar-refractivity contribution in [3.63, 3.8) is 0 Å². The molecule has 7 nitrogen and oxygen atoms in total. The van der Waals surface area contributed by atoms with Gasteiger partial charge in [-0.3, -0.25) is 4.79 Å². The first-order valence-electron chi connectivity index (χ1n) is 9.35. The second-order valence-corrected chi connectivity index (χ2v) is 9.02. The van der Waals surface area contributed by atoms with E-state index in [4.69, 9.17) is 0 Å². The van der Waals surface area contributed by atoms with Crippen molar-refractivity contribution in [2.24, 2.45) is 10.3 Å². The summed E-state index contributed by atoms with van der Waals surface area (Å²) in [6.07, 6.45) is 0.759. The number of sulfonamides is 1. The number of fused-ring (bicyclic) bond motifs is 2. The summed E-state index contributed by atoms with van der Waals surface area (Å²) >= 11 is 0. The standard InChI is InChI=1S/C21H21N3O4S/c1-13(2)10-11-24-17-7-5-8-18(25)14(17)12-15(21(24)26)20-22-16-6-3-4-9-19(16)29(27,28)23-20/h3-9,12-13,25H,10-11H2,1-2H3,(H,22,23). The zero-order valence-electron chi connectivity index (χ0n) is 16.1. The number of rotatable bonds is 4. The number of nitrogens with zero attached hydrogens (tertiary/aromatic N) is 2. The molecule has 0 amide bonds. The van der Waals surface area contributed by atoms with Crippen molar-refractivity contribution in [1.29, 1.82) is 0 Å². The van der Waals surface area contributed by atoms with E-state index in [1.54, 1.807) is 34.9 Å². The van der Waals surface area contributed by atoms with Crippen LogP contribution in [0.25, 0.3) is 10.9 Å². The molecule has 0 fully saturated rings. The molecule has 0 radical (unpaired) electrons. The fraction of sp³-hybridized carbons (Fsp3) is 0.238. The Morgan fingerprint density at radius 1 is 1.14 bits per heavy atom. The summed E-state index contributed by atoms with van der Waals surface area (Å²) in [7, 11) is -3.94.